The van der Waals surface area contributed by atoms with Crippen LogP contribution in [-0.4, -0.2) is 88.7 Å². The van der Waals surface area contributed by atoms with Gasteiger partial charge in [-0.25, -0.2) is 0 Å². The normalized spacial score (nSPS) is 61.3. The van der Waals surface area contributed by atoms with Crippen LogP contribution in [0.15, 0.2) is 0 Å². The van der Waals surface area contributed by atoms with E-state index in [1.165, 1.54) is 0 Å². The van der Waals surface area contributed by atoms with E-state index in [0.717, 1.165) is 0 Å². The van der Waals surface area contributed by atoms with E-state index >= 15 is 0 Å². The first-order valence-corrected chi connectivity index (χ1v) is 5.68. The summed E-state index contributed by atoms with van der Waals surface area (Å²) in [6, 6.07) is 0. The molecule has 0 spiro atoms. The molecular weight excluding hydrogens is 248 g/mol. The molecule has 0 aliphatic heterocycles. The van der Waals surface area contributed by atoms with Crippen molar-refractivity contribution in [3.63, 3.8) is 0 Å². The van der Waals surface area contributed by atoms with E-state index in [4.69, 9.17) is 0 Å². The van der Waals surface area contributed by atoms with Gasteiger partial charge in [0.1, 0.15) is 35.6 Å². The Hall–Kier alpha value is -0.320. The van der Waals surface area contributed by atoms with E-state index in [-0.39, 0.29) is 0 Å². The van der Waals surface area contributed by atoms with Gasteiger partial charge in [-0.3, -0.25) is 0 Å². The molecule has 0 amide bonds. The molecule has 0 saturated heterocycles. The summed E-state index contributed by atoms with van der Waals surface area (Å²) >= 11 is 0. The number of aliphatic hydroxyl groups is 8. The lowest BCUT2D eigenvalue weighted by atomic mass is 9.58. The van der Waals surface area contributed by atoms with Crippen molar-refractivity contribution in [2.75, 3.05) is 0 Å². The van der Waals surface area contributed by atoms with Crippen molar-refractivity contribution in [1.82, 2.24) is 0 Å². The van der Waals surface area contributed by atoms with E-state index in [1.807, 2.05) is 0 Å². The predicted molar refractivity (Wildman–Crippen MR) is 55.2 cm³/mol. The van der Waals surface area contributed by atoms with Gasteiger partial charge in [0.15, 0.2) is 0 Å². The summed E-state index contributed by atoms with van der Waals surface area (Å²) < 4.78 is 0. The highest BCUT2D eigenvalue weighted by Gasteiger charge is 2.69. The third-order valence-electron chi connectivity index (χ3n) is 4.21. The Kier molecular flexibility index (Phi) is 3.20. The van der Waals surface area contributed by atoms with Crippen molar-refractivity contribution in [1.29, 1.82) is 0 Å². The van der Waals surface area contributed by atoms with E-state index in [0.29, 0.717) is 0 Å². The minimum absolute atomic E-state index is 0.632. The van der Waals surface area contributed by atoms with E-state index < -0.39 is 60.7 Å². The minimum atomic E-state index is -2.41. The van der Waals surface area contributed by atoms with Crippen LogP contribution in [0, 0.1) is 0 Å². The van der Waals surface area contributed by atoms with Crippen LogP contribution in [0.5, 0.6) is 0 Å². The van der Waals surface area contributed by atoms with E-state index in [2.05, 4.69) is 0 Å². The maximum atomic E-state index is 10.3. The van der Waals surface area contributed by atoms with Gasteiger partial charge in [0.05, 0.1) is 12.2 Å². The first-order valence-electron chi connectivity index (χ1n) is 5.68. The maximum Gasteiger partial charge on any atom is 0.127 e. The van der Waals surface area contributed by atoms with Gasteiger partial charge in [0.25, 0.3) is 0 Å². The number of hydrogen-bond donors (Lipinski definition) is 8. The van der Waals surface area contributed by atoms with E-state index in [9.17, 15) is 40.9 Å². The number of hydrogen-bond acceptors (Lipinski definition) is 8. The monoisotopic (exact) mass is 266 g/mol. The van der Waals surface area contributed by atoms with Crippen molar-refractivity contribution < 1.29 is 40.9 Å². The first kappa shape index (κ1) is 14.1. The molecule has 8 nitrogen and oxygen atoms in total. The van der Waals surface area contributed by atoms with Gasteiger partial charge in [-0.15, -0.1) is 0 Å². The Bertz CT molecular complexity index is 306. The average molecular weight is 266 g/mol. The molecule has 2 aliphatic rings. The second-order valence-electron chi connectivity index (χ2n) is 5.26. The summed E-state index contributed by atoms with van der Waals surface area (Å²) in [5.41, 5.74) is -4.83. The third-order valence-corrected chi connectivity index (χ3v) is 4.21. The fraction of sp³-hybridized carbons (Fsp3) is 1.00. The van der Waals surface area contributed by atoms with Crippen molar-refractivity contribution in [2.45, 2.75) is 60.7 Å². The topological polar surface area (TPSA) is 162 Å². The van der Waals surface area contributed by atoms with Crippen LogP contribution >= 0.6 is 0 Å². The molecule has 2 saturated carbocycles. The van der Waals surface area contributed by atoms with Crippen molar-refractivity contribution in [3.05, 3.63) is 0 Å². The van der Waals surface area contributed by atoms with Crippen LogP contribution in [0.4, 0.5) is 0 Å². The lowest BCUT2D eigenvalue weighted by molar-refractivity contribution is -0.340. The van der Waals surface area contributed by atoms with Crippen molar-refractivity contribution >= 4 is 0 Å². The number of aliphatic hydroxyl groups excluding tert-OH is 6. The van der Waals surface area contributed by atoms with Gasteiger partial charge in [-0.1, -0.05) is 0 Å². The van der Waals surface area contributed by atoms with Gasteiger partial charge in [-0.2, -0.15) is 0 Å². The molecule has 0 aromatic rings. The first-order chi connectivity index (χ1) is 8.15. The van der Waals surface area contributed by atoms with Crippen LogP contribution < -0.4 is 0 Å². The van der Waals surface area contributed by atoms with E-state index in [1.54, 1.807) is 0 Å². The summed E-state index contributed by atoms with van der Waals surface area (Å²) in [7, 11) is 0. The lowest BCUT2D eigenvalue weighted by Gasteiger charge is -2.58. The third kappa shape index (κ3) is 1.55. The van der Waals surface area contributed by atoms with Crippen molar-refractivity contribution in [3.8, 4) is 0 Å². The molecule has 2 aliphatic carbocycles. The SMILES string of the molecule is O[C@H]1[C@H](O)[C@H](O)[C@]2(O)C[C@H](O)[C@H](O)C[C@@]2(O)[C@H]1O. The Morgan fingerprint density at radius 3 is 1.17 bits per heavy atom. The Balaban J connectivity index is 2.45. The van der Waals surface area contributed by atoms with Gasteiger partial charge >= 0.3 is 0 Å². The smallest absolute Gasteiger partial charge is 0.127 e. The zero-order valence-corrected chi connectivity index (χ0v) is 9.46. The minimum Gasteiger partial charge on any atom is -0.390 e. The molecule has 8 heteroatoms. The molecule has 0 aromatic heterocycles. The highest BCUT2D eigenvalue weighted by atomic mass is 16.4. The zero-order chi connectivity index (χ0) is 13.9. The molecule has 18 heavy (non-hydrogen) atoms. The summed E-state index contributed by atoms with van der Waals surface area (Å²) in [4.78, 5) is 0. The van der Waals surface area contributed by atoms with Crippen molar-refractivity contribution in [2.24, 2.45) is 0 Å². The predicted octanol–water partition coefficient (Wildman–Crippen LogP) is -4.58. The van der Waals surface area contributed by atoms with Crippen LogP contribution in [0.25, 0.3) is 0 Å². The average Bonchev–Trinajstić information content (AvgIpc) is 2.31. The highest BCUT2D eigenvalue weighted by Crippen LogP contribution is 2.47. The van der Waals surface area contributed by atoms with Crippen LogP contribution in [0.3, 0.4) is 0 Å². The second-order valence-corrected chi connectivity index (χ2v) is 5.26. The maximum absolute atomic E-state index is 10.3. The molecular formula is C10H18O8. The zero-order valence-electron chi connectivity index (χ0n) is 9.46. The highest BCUT2D eigenvalue weighted by molar-refractivity contribution is 5.20. The standard InChI is InChI=1S/C10H18O8/c11-3-1-9(17)7(15)5(13)6(14)8(16)10(9,18)2-4(3)12/h3-8,11-18H,1-2H2/t3-,4+,5-,6-,7-,8-,9+,10+/m0/s1. The van der Waals surface area contributed by atoms with Gasteiger partial charge in [-0.05, 0) is 0 Å². The number of fused-ring (bicyclic) bond motifs is 1. The molecule has 0 unspecified atom stereocenters. The molecule has 8 atom stereocenters. The Morgan fingerprint density at radius 2 is 0.889 bits per heavy atom. The Labute approximate surface area is 102 Å². The summed E-state index contributed by atoms with van der Waals surface area (Å²) in [5, 5.41) is 78.1. The molecule has 0 radical (unpaired) electrons. The summed E-state index contributed by atoms with van der Waals surface area (Å²) in [6.07, 6.45) is -11.7. The largest absolute Gasteiger partial charge is 0.390 e. The van der Waals surface area contributed by atoms with Gasteiger partial charge in [0, 0.05) is 12.8 Å². The molecule has 8 N–H and O–H groups in total. The van der Waals surface area contributed by atoms with Crippen LogP contribution in [0.2, 0.25) is 0 Å². The molecule has 106 valence electrons. The molecule has 2 rings (SSSR count). The molecule has 0 bridgehead atoms. The fourth-order valence-corrected chi connectivity index (χ4v) is 2.96. The number of rotatable bonds is 0. The molecule has 2 fully saturated rings. The van der Waals surface area contributed by atoms with Gasteiger partial charge < -0.3 is 40.9 Å². The quantitative estimate of drug-likeness (QED) is 0.217. The molecule has 0 heterocycles. The summed E-state index contributed by atoms with van der Waals surface area (Å²) in [5.74, 6) is 0. The van der Waals surface area contributed by atoms with Crippen LogP contribution in [-0.2, 0) is 0 Å². The van der Waals surface area contributed by atoms with Gasteiger partial charge in [0.2, 0.25) is 0 Å². The molecule has 0 aromatic carbocycles. The summed E-state index contributed by atoms with van der Waals surface area (Å²) in [6.45, 7) is 0. The Morgan fingerprint density at radius 1 is 0.611 bits per heavy atom. The second kappa shape index (κ2) is 4.09. The fourth-order valence-electron chi connectivity index (χ4n) is 2.96. The van der Waals surface area contributed by atoms with Crippen LogP contribution in [0.1, 0.15) is 12.8 Å². The lowest BCUT2D eigenvalue weighted by Crippen LogP contribution is -2.80.